The van der Waals surface area contributed by atoms with Crippen molar-refractivity contribution in [2.75, 3.05) is 6.61 Å². The summed E-state index contributed by atoms with van der Waals surface area (Å²) in [5.74, 6) is 0.750. The molecule has 2 aromatic rings. The molecule has 2 aromatic carbocycles. The van der Waals surface area contributed by atoms with Gasteiger partial charge in [0.2, 0.25) is 0 Å². The first-order valence-corrected chi connectivity index (χ1v) is 11.4. The molecule has 3 rings (SSSR count). The monoisotopic (exact) mass is 502 g/mol. The lowest BCUT2D eigenvalue weighted by Gasteiger charge is -2.15. The number of benzene rings is 2. The Morgan fingerprint density at radius 2 is 1.97 bits per heavy atom. The second-order valence-electron chi connectivity index (χ2n) is 7.30. The van der Waals surface area contributed by atoms with Crippen LogP contribution in [0.15, 0.2) is 46.4 Å². The van der Waals surface area contributed by atoms with Crippen LogP contribution in [-0.2, 0) is 11.4 Å². The molecule has 1 saturated carbocycles. The third kappa shape index (κ3) is 6.49. The first-order chi connectivity index (χ1) is 15.0. The van der Waals surface area contributed by atoms with Gasteiger partial charge in [-0.2, -0.15) is 5.26 Å². The summed E-state index contributed by atoms with van der Waals surface area (Å²) in [6.45, 7) is 2.68. The fourth-order valence-corrected chi connectivity index (χ4v) is 4.16. The molecule has 162 valence electrons. The van der Waals surface area contributed by atoms with Gasteiger partial charge in [0.1, 0.15) is 18.2 Å². The van der Waals surface area contributed by atoms with E-state index in [0.29, 0.717) is 39.8 Å². The number of amides is 1. The van der Waals surface area contributed by atoms with E-state index in [-0.39, 0.29) is 17.5 Å². The minimum absolute atomic E-state index is 0.0658. The summed E-state index contributed by atoms with van der Waals surface area (Å²) in [6.07, 6.45) is 5.71. The second kappa shape index (κ2) is 11.2. The predicted molar refractivity (Wildman–Crippen MR) is 125 cm³/mol. The summed E-state index contributed by atoms with van der Waals surface area (Å²) < 4.78 is 12.4. The standard InChI is InChI=1S/C24H24BrClN2O3/c1-2-30-22-13-17(11-18(14-27)24(29)28-20-5-3-4-6-20)12-21(25)23(22)31-15-16-7-9-19(26)10-8-16/h7-13,20H,2-6,15H2,1H3,(H,28,29)/b18-11-. The van der Waals surface area contributed by atoms with E-state index in [1.807, 2.05) is 37.3 Å². The molecule has 0 heterocycles. The minimum atomic E-state index is -0.341. The Labute approximate surface area is 196 Å². The van der Waals surface area contributed by atoms with Gasteiger partial charge in [-0.25, -0.2) is 0 Å². The first kappa shape index (κ1) is 23.2. The maximum atomic E-state index is 12.5. The number of halogens is 2. The SMILES string of the molecule is CCOc1cc(/C=C(/C#N)C(=O)NC2CCCC2)cc(Br)c1OCc1ccc(Cl)cc1. The Balaban J connectivity index is 1.80. The van der Waals surface area contributed by atoms with Crippen molar-refractivity contribution < 1.29 is 14.3 Å². The van der Waals surface area contributed by atoms with Gasteiger partial charge in [-0.1, -0.05) is 36.6 Å². The van der Waals surface area contributed by atoms with Crippen LogP contribution in [0, 0.1) is 11.3 Å². The van der Waals surface area contributed by atoms with Gasteiger partial charge in [-0.3, -0.25) is 4.79 Å². The van der Waals surface area contributed by atoms with Crippen molar-refractivity contribution in [3.63, 3.8) is 0 Å². The molecule has 1 amide bonds. The Hall–Kier alpha value is -2.49. The van der Waals surface area contributed by atoms with Crippen LogP contribution in [0.5, 0.6) is 11.5 Å². The maximum Gasteiger partial charge on any atom is 0.262 e. The fourth-order valence-electron chi connectivity index (χ4n) is 3.46. The molecular weight excluding hydrogens is 480 g/mol. The lowest BCUT2D eigenvalue weighted by molar-refractivity contribution is -0.117. The summed E-state index contributed by atoms with van der Waals surface area (Å²) in [7, 11) is 0. The summed E-state index contributed by atoms with van der Waals surface area (Å²) in [4.78, 5) is 12.5. The van der Waals surface area contributed by atoms with Crippen molar-refractivity contribution in [1.82, 2.24) is 5.32 Å². The molecular formula is C24H24BrClN2O3. The van der Waals surface area contributed by atoms with Gasteiger partial charge in [0.05, 0.1) is 11.1 Å². The van der Waals surface area contributed by atoms with Crippen molar-refractivity contribution in [2.24, 2.45) is 0 Å². The minimum Gasteiger partial charge on any atom is -0.490 e. The van der Waals surface area contributed by atoms with Gasteiger partial charge in [-0.15, -0.1) is 0 Å². The zero-order chi connectivity index (χ0) is 22.2. The van der Waals surface area contributed by atoms with Crippen molar-refractivity contribution >= 4 is 39.5 Å². The molecule has 0 unspecified atom stereocenters. The quantitative estimate of drug-likeness (QED) is 0.352. The zero-order valence-electron chi connectivity index (χ0n) is 17.3. The molecule has 1 fully saturated rings. The molecule has 0 radical (unpaired) electrons. The van der Waals surface area contributed by atoms with E-state index in [2.05, 4.69) is 21.2 Å². The number of ether oxygens (including phenoxy) is 2. The Kier molecular flexibility index (Phi) is 8.39. The number of carbonyl (C=O) groups is 1. The summed E-state index contributed by atoms with van der Waals surface area (Å²) in [5.41, 5.74) is 1.71. The fraction of sp³-hybridized carbons (Fsp3) is 0.333. The topological polar surface area (TPSA) is 71.3 Å². The molecule has 0 atom stereocenters. The highest BCUT2D eigenvalue weighted by atomic mass is 79.9. The van der Waals surface area contributed by atoms with Crippen molar-refractivity contribution in [2.45, 2.75) is 45.3 Å². The highest BCUT2D eigenvalue weighted by Gasteiger charge is 2.20. The Morgan fingerprint density at radius 1 is 1.26 bits per heavy atom. The van der Waals surface area contributed by atoms with Gasteiger partial charge < -0.3 is 14.8 Å². The Morgan fingerprint density at radius 3 is 2.61 bits per heavy atom. The molecule has 1 aliphatic rings. The molecule has 5 nitrogen and oxygen atoms in total. The summed E-state index contributed by atoms with van der Waals surface area (Å²) in [5, 5.41) is 13.1. The zero-order valence-corrected chi connectivity index (χ0v) is 19.6. The smallest absolute Gasteiger partial charge is 0.262 e. The van der Waals surface area contributed by atoms with Gasteiger partial charge in [0, 0.05) is 11.1 Å². The highest BCUT2D eigenvalue weighted by Crippen LogP contribution is 2.38. The van der Waals surface area contributed by atoms with Crippen LogP contribution in [0.4, 0.5) is 0 Å². The van der Waals surface area contributed by atoms with E-state index in [9.17, 15) is 10.1 Å². The number of nitriles is 1. The third-order valence-electron chi connectivity index (χ3n) is 4.99. The van der Waals surface area contributed by atoms with Crippen LogP contribution < -0.4 is 14.8 Å². The van der Waals surface area contributed by atoms with Crippen molar-refractivity contribution in [3.8, 4) is 17.6 Å². The molecule has 0 bridgehead atoms. The second-order valence-corrected chi connectivity index (χ2v) is 8.59. The van der Waals surface area contributed by atoms with E-state index in [4.69, 9.17) is 21.1 Å². The molecule has 0 saturated heterocycles. The summed E-state index contributed by atoms with van der Waals surface area (Å²) in [6, 6.07) is 13.2. The average Bonchev–Trinajstić information content (AvgIpc) is 3.26. The van der Waals surface area contributed by atoms with E-state index < -0.39 is 0 Å². The molecule has 0 aliphatic heterocycles. The number of rotatable bonds is 8. The van der Waals surface area contributed by atoms with Crippen molar-refractivity contribution in [1.29, 1.82) is 5.26 Å². The largest absolute Gasteiger partial charge is 0.490 e. The van der Waals surface area contributed by atoms with Gasteiger partial charge >= 0.3 is 0 Å². The van der Waals surface area contributed by atoms with Crippen LogP contribution in [0.2, 0.25) is 5.02 Å². The van der Waals surface area contributed by atoms with Crippen LogP contribution in [-0.4, -0.2) is 18.6 Å². The highest BCUT2D eigenvalue weighted by molar-refractivity contribution is 9.10. The molecule has 1 aliphatic carbocycles. The van der Waals surface area contributed by atoms with E-state index in [0.717, 1.165) is 31.2 Å². The number of carbonyl (C=O) groups excluding carboxylic acids is 1. The lowest BCUT2D eigenvalue weighted by atomic mass is 10.1. The van der Waals surface area contributed by atoms with E-state index in [1.165, 1.54) is 0 Å². The molecule has 7 heteroatoms. The van der Waals surface area contributed by atoms with E-state index in [1.54, 1.807) is 18.2 Å². The molecule has 1 N–H and O–H groups in total. The molecule has 0 aromatic heterocycles. The number of hydrogen-bond acceptors (Lipinski definition) is 4. The van der Waals surface area contributed by atoms with Crippen LogP contribution in [0.3, 0.4) is 0 Å². The lowest BCUT2D eigenvalue weighted by Crippen LogP contribution is -2.33. The maximum absolute atomic E-state index is 12.5. The average molecular weight is 504 g/mol. The normalized spacial score (nSPS) is 14.2. The van der Waals surface area contributed by atoms with E-state index >= 15 is 0 Å². The molecule has 31 heavy (non-hydrogen) atoms. The van der Waals surface area contributed by atoms with Crippen molar-refractivity contribution in [3.05, 3.63) is 62.6 Å². The Bertz CT molecular complexity index is 993. The number of nitrogens with one attached hydrogen (secondary N) is 1. The van der Waals surface area contributed by atoms with Crippen LogP contribution in [0.25, 0.3) is 6.08 Å². The van der Waals surface area contributed by atoms with Gasteiger partial charge in [0.15, 0.2) is 11.5 Å². The number of hydrogen-bond donors (Lipinski definition) is 1. The predicted octanol–water partition coefficient (Wildman–Crippen LogP) is 6.05. The summed E-state index contributed by atoms with van der Waals surface area (Å²) >= 11 is 9.47. The van der Waals surface area contributed by atoms with Crippen LogP contribution in [0.1, 0.15) is 43.7 Å². The number of nitrogens with zero attached hydrogens (tertiary/aromatic N) is 1. The van der Waals surface area contributed by atoms with Crippen LogP contribution >= 0.6 is 27.5 Å². The van der Waals surface area contributed by atoms with Gasteiger partial charge in [-0.05, 0) is 77.2 Å². The third-order valence-corrected chi connectivity index (χ3v) is 5.84. The van der Waals surface area contributed by atoms with Gasteiger partial charge in [0.25, 0.3) is 5.91 Å². The molecule has 0 spiro atoms. The first-order valence-electron chi connectivity index (χ1n) is 10.3.